The number of fused-ring (bicyclic) bond motifs is 1. The van der Waals surface area contributed by atoms with E-state index in [0.717, 1.165) is 44.4 Å². The van der Waals surface area contributed by atoms with E-state index in [1.807, 2.05) is 29.2 Å². The maximum absolute atomic E-state index is 13.2. The summed E-state index contributed by atoms with van der Waals surface area (Å²) in [5.41, 5.74) is 2.31. The number of carbonyl (C=O) groups is 1. The van der Waals surface area contributed by atoms with Crippen LogP contribution in [0.2, 0.25) is 0 Å². The summed E-state index contributed by atoms with van der Waals surface area (Å²) in [4.78, 5) is 15.2. The smallest absolute Gasteiger partial charge is 0.258 e. The molecule has 0 N–H and O–H groups in total. The summed E-state index contributed by atoms with van der Waals surface area (Å²) in [6.07, 6.45) is 6.83. The highest BCUT2D eigenvalue weighted by Crippen LogP contribution is 2.25. The average molecular weight is 365 g/mol. The van der Waals surface area contributed by atoms with Crippen LogP contribution in [-0.4, -0.2) is 50.5 Å². The summed E-state index contributed by atoms with van der Waals surface area (Å²) in [6, 6.07) is 12.0. The number of carbonyl (C=O) groups excluding carboxylic acids is 1. The van der Waals surface area contributed by atoms with Crippen LogP contribution in [0.4, 0.5) is 0 Å². The van der Waals surface area contributed by atoms with Gasteiger partial charge in [-0.25, -0.2) is 0 Å². The second-order valence-electron chi connectivity index (χ2n) is 6.91. The normalized spacial score (nSPS) is 17.2. The Morgan fingerprint density at radius 3 is 3.07 bits per heavy atom. The number of benzene rings is 1. The van der Waals surface area contributed by atoms with E-state index in [0.29, 0.717) is 11.2 Å². The number of amides is 1. The monoisotopic (exact) mass is 365 g/mol. The van der Waals surface area contributed by atoms with Gasteiger partial charge in [-0.05, 0) is 72.4 Å². The summed E-state index contributed by atoms with van der Waals surface area (Å²) in [7, 11) is 1.68. The highest BCUT2D eigenvalue weighted by Gasteiger charge is 2.28. The van der Waals surface area contributed by atoms with E-state index < -0.39 is 0 Å². The standard InChI is InChI=1S/C20H23N5O2/c1-27-17-8-4-6-15(14-17)10-11-16-7-2-3-12-24(16)20(26)18-9-5-13-25-19(18)21-22-23-25/h4-6,8-9,13-14,16H,2-3,7,10-12H2,1H3. The zero-order chi connectivity index (χ0) is 18.6. The highest BCUT2D eigenvalue weighted by molar-refractivity contribution is 5.99. The Hall–Kier alpha value is -2.96. The van der Waals surface area contributed by atoms with Crippen molar-refractivity contribution in [3.05, 3.63) is 53.7 Å². The first kappa shape index (κ1) is 17.5. The maximum atomic E-state index is 13.2. The van der Waals surface area contributed by atoms with Gasteiger partial charge in [0.2, 0.25) is 0 Å². The first-order valence-electron chi connectivity index (χ1n) is 9.37. The maximum Gasteiger partial charge on any atom is 0.258 e. The molecule has 0 saturated carbocycles. The molecular weight excluding hydrogens is 342 g/mol. The molecule has 1 atom stereocenters. The summed E-state index contributed by atoms with van der Waals surface area (Å²) in [5, 5.41) is 11.6. The first-order valence-corrected chi connectivity index (χ1v) is 9.37. The number of piperidine rings is 1. The van der Waals surface area contributed by atoms with Crippen LogP contribution in [0.1, 0.15) is 41.6 Å². The molecule has 0 spiro atoms. The van der Waals surface area contributed by atoms with Crippen LogP contribution in [-0.2, 0) is 6.42 Å². The van der Waals surface area contributed by atoms with Crippen LogP contribution < -0.4 is 4.74 Å². The Balaban J connectivity index is 1.51. The molecule has 1 aliphatic heterocycles. The van der Waals surface area contributed by atoms with Gasteiger partial charge in [0, 0.05) is 18.8 Å². The van der Waals surface area contributed by atoms with Crippen molar-refractivity contribution in [1.82, 2.24) is 24.9 Å². The fourth-order valence-electron chi connectivity index (χ4n) is 3.82. The van der Waals surface area contributed by atoms with E-state index >= 15 is 0 Å². The minimum Gasteiger partial charge on any atom is -0.497 e. The van der Waals surface area contributed by atoms with Crippen molar-refractivity contribution in [3.63, 3.8) is 0 Å². The molecule has 1 fully saturated rings. The molecule has 7 nitrogen and oxygen atoms in total. The summed E-state index contributed by atoms with van der Waals surface area (Å²) < 4.78 is 6.86. The van der Waals surface area contributed by atoms with Crippen molar-refractivity contribution in [1.29, 1.82) is 0 Å². The van der Waals surface area contributed by atoms with Crippen LogP contribution in [0.3, 0.4) is 0 Å². The SMILES string of the molecule is COc1cccc(CCC2CCCCN2C(=O)c2cccn3nnnc23)c1. The molecule has 1 aromatic carbocycles. The van der Waals surface area contributed by atoms with E-state index in [4.69, 9.17) is 4.74 Å². The number of nitrogens with zero attached hydrogens (tertiary/aromatic N) is 5. The lowest BCUT2D eigenvalue weighted by Gasteiger charge is -2.36. The Kier molecular flexibility index (Phi) is 5.00. The van der Waals surface area contributed by atoms with Crippen molar-refractivity contribution >= 4 is 11.6 Å². The molecule has 140 valence electrons. The lowest BCUT2D eigenvalue weighted by Crippen LogP contribution is -2.44. The number of tetrazole rings is 1. The third-order valence-electron chi connectivity index (χ3n) is 5.24. The van der Waals surface area contributed by atoms with Gasteiger partial charge in [0.05, 0.1) is 12.7 Å². The lowest BCUT2D eigenvalue weighted by molar-refractivity contribution is 0.0603. The summed E-state index contributed by atoms with van der Waals surface area (Å²) in [5.74, 6) is 0.890. The number of aromatic nitrogens is 4. The number of likely N-dealkylation sites (tertiary alicyclic amines) is 1. The molecule has 0 radical (unpaired) electrons. The van der Waals surface area contributed by atoms with Gasteiger partial charge >= 0.3 is 0 Å². The molecule has 0 bridgehead atoms. The predicted octanol–water partition coefficient (Wildman–Crippen LogP) is 2.76. The van der Waals surface area contributed by atoms with Gasteiger partial charge in [0.25, 0.3) is 5.91 Å². The molecular formula is C20H23N5O2. The van der Waals surface area contributed by atoms with E-state index in [2.05, 4.69) is 27.7 Å². The molecule has 4 rings (SSSR count). The van der Waals surface area contributed by atoms with E-state index in [9.17, 15) is 4.79 Å². The number of aryl methyl sites for hydroxylation is 1. The third-order valence-corrected chi connectivity index (χ3v) is 5.24. The zero-order valence-electron chi connectivity index (χ0n) is 15.4. The molecule has 3 heterocycles. The molecule has 1 amide bonds. The molecule has 1 saturated heterocycles. The Morgan fingerprint density at radius 1 is 1.26 bits per heavy atom. The number of rotatable bonds is 5. The van der Waals surface area contributed by atoms with Gasteiger partial charge in [-0.15, -0.1) is 5.10 Å². The van der Waals surface area contributed by atoms with Crippen LogP contribution in [0, 0.1) is 0 Å². The van der Waals surface area contributed by atoms with Crippen LogP contribution in [0.5, 0.6) is 5.75 Å². The van der Waals surface area contributed by atoms with Crippen molar-refractivity contribution < 1.29 is 9.53 Å². The highest BCUT2D eigenvalue weighted by atomic mass is 16.5. The van der Waals surface area contributed by atoms with Gasteiger partial charge in [0.15, 0.2) is 5.65 Å². The molecule has 1 aliphatic rings. The lowest BCUT2D eigenvalue weighted by atomic mass is 9.95. The second kappa shape index (κ2) is 7.73. The molecule has 1 unspecified atom stereocenters. The molecule has 7 heteroatoms. The summed E-state index contributed by atoms with van der Waals surface area (Å²) >= 11 is 0. The fourth-order valence-corrected chi connectivity index (χ4v) is 3.82. The minimum absolute atomic E-state index is 0.0192. The number of pyridine rings is 1. The van der Waals surface area contributed by atoms with Crippen molar-refractivity contribution in [2.24, 2.45) is 0 Å². The first-order chi connectivity index (χ1) is 13.3. The van der Waals surface area contributed by atoms with Crippen molar-refractivity contribution in [2.45, 2.75) is 38.1 Å². The van der Waals surface area contributed by atoms with Crippen molar-refractivity contribution in [3.8, 4) is 5.75 Å². The van der Waals surface area contributed by atoms with E-state index in [1.54, 1.807) is 17.8 Å². The molecule has 27 heavy (non-hydrogen) atoms. The predicted molar refractivity (Wildman–Crippen MR) is 101 cm³/mol. The zero-order valence-corrected chi connectivity index (χ0v) is 15.4. The van der Waals surface area contributed by atoms with E-state index in [1.165, 1.54) is 5.56 Å². The van der Waals surface area contributed by atoms with Gasteiger partial charge < -0.3 is 9.64 Å². The van der Waals surface area contributed by atoms with Gasteiger partial charge in [-0.1, -0.05) is 12.1 Å². The van der Waals surface area contributed by atoms with E-state index in [-0.39, 0.29) is 11.9 Å². The van der Waals surface area contributed by atoms with Gasteiger partial charge in [-0.3, -0.25) is 4.79 Å². The van der Waals surface area contributed by atoms with Crippen LogP contribution in [0.15, 0.2) is 42.6 Å². The quantitative estimate of drug-likeness (QED) is 0.695. The van der Waals surface area contributed by atoms with Gasteiger partial charge in [0.1, 0.15) is 5.75 Å². The van der Waals surface area contributed by atoms with Gasteiger partial charge in [-0.2, -0.15) is 4.52 Å². The minimum atomic E-state index is 0.0192. The number of ether oxygens (including phenoxy) is 1. The Labute approximate surface area is 157 Å². The summed E-state index contributed by atoms with van der Waals surface area (Å²) in [6.45, 7) is 0.782. The fraction of sp³-hybridized carbons (Fsp3) is 0.400. The molecule has 2 aromatic heterocycles. The molecule has 0 aliphatic carbocycles. The topological polar surface area (TPSA) is 72.6 Å². The largest absolute Gasteiger partial charge is 0.497 e. The van der Waals surface area contributed by atoms with Crippen molar-refractivity contribution in [2.75, 3.05) is 13.7 Å². The number of hydrogen-bond acceptors (Lipinski definition) is 5. The Morgan fingerprint density at radius 2 is 2.19 bits per heavy atom. The number of hydrogen-bond donors (Lipinski definition) is 0. The molecule has 3 aromatic rings. The third kappa shape index (κ3) is 3.63. The second-order valence-corrected chi connectivity index (χ2v) is 6.91. The average Bonchev–Trinajstić information content (AvgIpc) is 3.21. The number of methoxy groups -OCH3 is 1. The van der Waals surface area contributed by atoms with Crippen LogP contribution in [0.25, 0.3) is 5.65 Å². The van der Waals surface area contributed by atoms with Crippen LogP contribution >= 0.6 is 0 Å². The Bertz CT molecular complexity index is 939.